The van der Waals surface area contributed by atoms with Crippen molar-refractivity contribution in [1.82, 2.24) is 10.6 Å². The summed E-state index contributed by atoms with van der Waals surface area (Å²) in [5.41, 5.74) is 2.23. The van der Waals surface area contributed by atoms with Gasteiger partial charge in [-0.1, -0.05) is 38.1 Å². The molecule has 0 radical (unpaired) electrons. The van der Waals surface area contributed by atoms with Crippen LogP contribution < -0.4 is 10.6 Å². The van der Waals surface area contributed by atoms with Crippen molar-refractivity contribution in [3.8, 4) is 0 Å². The zero-order valence-corrected chi connectivity index (χ0v) is 12.8. The standard InChI is InChI=1S/C16H24N2O3/c1-11(2)10-14(13-7-5-4-6-12(13)3)18-16(21)17-9-8-15(19)20/h4-7,11,14H,8-10H2,1-3H3,(H,19,20)(H2,17,18,21). The number of carbonyl (C=O) groups excluding carboxylic acids is 1. The van der Waals surface area contributed by atoms with E-state index in [2.05, 4.69) is 24.5 Å². The Bertz CT molecular complexity index is 486. The molecule has 1 atom stereocenters. The van der Waals surface area contributed by atoms with Crippen LogP contribution in [0.5, 0.6) is 0 Å². The number of aliphatic carboxylic acids is 1. The van der Waals surface area contributed by atoms with E-state index in [1.54, 1.807) is 0 Å². The molecule has 2 amide bonds. The predicted octanol–water partition coefficient (Wildman–Crippen LogP) is 2.86. The lowest BCUT2D eigenvalue weighted by atomic mass is 9.94. The second kappa shape index (κ2) is 8.29. The fraction of sp³-hybridized carbons (Fsp3) is 0.500. The van der Waals surface area contributed by atoms with Gasteiger partial charge >= 0.3 is 12.0 Å². The Kier molecular flexibility index (Phi) is 6.72. The van der Waals surface area contributed by atoms with E-state index < -0.39 is 5.97 Å². The summed E-state index contributed by atoms with van der Waals surface area (Å²) in [6.45, 7) is 6.36. The second-order valence-electron chi connectivity index (χ2n) is 5.58. The minimum absolute atomic E-state index is 0.0731. The maximum atomic E-state index is 11.9. The van der Waals surface area contributed by atoms with Crippen LogP contribution in [0.15, 0.2) is 24.3 Å². The minimum Gasteiger partial charge on any atom is -0.481 e. The first-order valence-corrected chi connectivity index (χ1v) is 7.21. The zero-order valence-electron chi connectivity index (χ0n) is 12.8. The van der Waals surface area contributed by atoms with E-state index in [1.807, 2.05) is 31.2 Å². The third kappa shape index (κ3) is 6.29. The van der Waals surface area contributed by atoms with Gasteiger partial charge in [-0.05, 0) is 30.4 Å². The van der Waals surface area contributed by atoms with Crippen LogP contribution in [0.2, 0.25) is 0 Å². The molecule has 3 N–H and O–H groups in total. The minimum atomic E-state index is -0.923. The van der Waals surface area contributed by atoms with Crippen LogP contribution in [-0.2, 0) is 4.79 Å². The first-order chi connectivity index (χ1) is 9.90. The van der Waals surface area contributed by atoms with Gasteiger partial charge in [-0.15, -0.1) is 0 Å². The van der Waals surface area contributed by atoms with Gasteiger partial charge < -0.3 is 15.7 Å². The lowest BCUT2D eigenvalue weighted by Gasteiger charge is -2.23. The molecule has 116 valence electrons. The van der Waals surface area contributed by atoms with Crippen molar-refractivity contribution in [2.45, 2.75) is 39.7 Å². The average Bonchev–Trinajstić information content (AvgIpc) is 2.37. The first-order valence-electron chi connectivity index (χ1n) is 7.21. The number of carbonyl (C=O) groups is 2. The number of nitrogens with one attached hydrogen (secondary N) is 2. The maximum absolute atomic E-state index is 11.9. The van der Waals surface area contributed by atoms with Gasteiger partial charge in [0.1, 0.15) is 0 Å². The van der Waals surface area contributed by atoms with Crippen molar-refractivity contribution >= 4 is 12.0 Å². The van der Waals surface area contributed by atoms with Crippen molar-refractivity contribution in [2.24, 2.45) is 5.92 Å². The Morgan fingerprint density at radius 1 is 1.24 bits per heavy atom. The van der Waals surface area contributed by atoms with Crippen molar-refractivity contribution in [3.05, 3.63) is 35.4 Å². The molecule has 0 fully saturated rings. The molecule has 0 saturated carbocycles. The van der Waals surface area contributed by atoms with Crippen LogP contribution in [0.3, 0.4) is 0 Å². The summed E-state index contributed by atoms with van der Waals surface area (Å²) in [6.07, 6.45) is 0.754. The Morgan fingerprint density at radius 2 is 1.90 bits per heavy atom. The average molecular weight is 292 g/mol. The number of aryl methyl sites for hydroxylation is 1. The molecular weight excluding hydrogens is 268 g/mol. The molecule has 5 heteroatoms. The number of hydrogen-bond donors (Lipinski definition) is 3. The highest BCUT2D eigenvalue weighted by atomic mass is 16.4. The lowest BCUT2D eigenvalue weighted by Crippen LogP contribution is -2.39. The number of amides is 2. The Morgan fingerprint density at radius 3 is 2.48 bits per heavy atom. The van der Waals surface area contributed by atoms with E-state index in [1.165, 1.54) is 0 Å². The fourth-order valence-corrected chi connectivity index (χ4v) is 2.21. The van der Waals surface area contributed by atoms with Gasteiger partial charge in [-0.3, -0.25) is 4.79 Å². The van der Waals surface area contributed by atoms with Gasteiger partial charge in [-0.25, -0.2) is 4.79 Å². The third-order valence-electron chi connectivity index (χ3n) is 3.20. The Balaban J connectivity index is 2.68. The lowest BCUT2D eigenvalue weighted by molar-refractivity contribution is -0.136. The summed E-state index contributed by atoms with van der Waals surface area (Å²) in [7, 11) is 0. The summed E-state index contributed by atoms with van der Waals surface area (Å²) in [5.74, 6) is -0.484. The number of hydrogen-bond acceptors (Lipinski definition) is 2. The highest BCUT2D eigenvalue weighted by molar-refractivity contribution is 5.75. The topological polar surface area (TPSA) is 78.4 Å². The fourth-order valence-electron chi connectivity index (χ4n) is 2.21. The largest absolute Gasteiger partial charge is 0.481 e. The third-order valence-corrected chi connectivity index (χ3v) is 3.20. The van der Waals surface area contributed by atoms with Crippen molar-refractivity contribution in [2.75, 3.05) is 6.54 Å². The molecule has 0 aliphatic heterocycles. The SMILES string of the molecule is Cc1ccccc1C(CC(C)C)NC(=O)NCCC(=O)O. The summed E-state index contributed by atoms with van der Waals surface area (Å²) < 4.78 is 0. The van der Waals surface area contributed by atoms with Crippen LogP contribution >= 0.6 is 0 Å². The van der Waals surface area contributed by atoms with E-state index in [0.717, 1.165) is 17.5 Å². The van der Waals surface area contributed by atoms with Crippen molar-refractivity contribution < 1.29 is 14.7 Å². The second-order valence-corrected chi connectivity index (χ2v) is 5.58. The smallest absolute Gasteiger partial charge is 0.315 e. The van der Waals surface area contributed by atoms with Gasteiger partial charge in [-0.2, -0.15) is 0 Å². The number of urea groups is 1. The van der Waals surface area contributed by atoms with Crippen molar-refractivity contribution in [3.63, 3.8) is 0 Å². The van der Waals surface area contributed by atoms with Crippen LogP contribution in [0.1, 0.15) is 43.9 Å². The molecule has 0 aliphatic carbocycles. The predicted molar refractivity (Wildman–Crippen MR) is 82.2 cm³/mol. The molecule has 0 heterocycles. The molecule has 1 unspecified atom stereocenters. The van der Waals surface area contributed by atoms with Gasteiger partial charge in [0.05, 0.1) is 12.5 Å². The van der Waals surface area contributed by atoms with Gasteiger partial charge in [0.25, 0.3) is 0 Å². The van der Waals surface area contributed by atoms with Crippen molar-refractivity contribution in [1.29, 1.82) is 0 Å². The summed E-state index contributed by atoms with van der Waals surface area (Å²) >= 11 is 0. The van der Waals surface area contributed by atoms with E-state index in [0.29, 0.717) is 5.92 Å². The molecule has 21 heavy (non-hydrogen) atoms. The number of carboxylic acid groups (broad SMARTS) is 1. The summed E-state index contributed by atoms with van der Waals surface area (Å²) in [5, 5.41) is 14.1. The van der Waals surface area contributed by atoms with Crippen LogP contribution in [0.25, 0.3) is 0 Å². The van der Waals surface area contributed by atoms with Crippen LogP contribution in [0.4, 0.5) is 4.79 Å². The molecule has 0 spiro atoms. The Hall–Kier alpha value is -2.04. The van der Waals surface area contributed by atoms with E-state index in [-0.39, 0.29) is 25.0 Å². The first kappa shape index (κ1) is 17.0. The monoisotopic (exact) mass is 292 g/mol. The maximum Gasteiger partial charge on any atom is 0.315 e. The van der Waals surface area contributed by atoms with E-state index in [4.69, 9.17) is 5.11 Å². The molecule has 0 aromatic heterocycles. The highest BCUT2D eigenvalue weighted by Gasteiger charge is 2.17. The molecular formula is C16H24N2O3. The molecule has 1 rings (SSSR count). The Labute approximate surface area is 125 Å². The number of benzene rings is 1. The molecule has 0 bridgehead atoms. The normalized spacial score (nSPS) is 12.0. The number of carboxylic acids is 1. The quantitative estimate of drug-likeness (QED) is 0.723. The van der Waals surface area contributed by atoms with E-state index >= 15 is 0 Å². The molecule has 0 aliphatic rings. The zero-order chi connectivity index (χ0) is 15.8. The summed E-state index contributed by atoms with van der Waals surface area (Å²) in [6, 6.07) is 7.56. The van der Waals surface area contributed by atoms with Crippen LogP contribution in [0, 0.1) is 12.8 Å². The van der Waals surface area contributed by atoms with E-state index in [9.17, 15) is 9.59 Å². The molecule has 1 aromatic carbocycles. The highest BCUT2D eigenvalue weighted by Crippen LogP contribution is 2.23. The van der Waals surface area contributed by atoms with Gasteiger partial charge in [0, 0.05) is 6.54 Å². The van der Waals surface area contributed by atoms with Gasteiger partial charge in [0.2, 0.25) is 0 Å². The van der Waals surface area contributed by atoms with Crippen LogP contribution in [-0.4, -0.2) is 23.7 Å². The molecule has 1 aromatic rings. The molecule has 5 nitrogen and oxygen atoms in total. The number of rotatable bonds is 7. The molecule has 0 saturated heterocycles. The van der Waals surface area contributed by atoms with Gasteiger partial charge in [0.15, 0.2) is 0 Å². The summed E-state index contributed by atoms with van der Waals surface area (Å²) in [4.78, 5) is 22.3.